The lowest BCUT2D eigenvalue weighted by Crippen LogP contribution is -2.35. The van der Waals surface area contributed by atoms with Crippen molar-refractivity contribution in [3.05, 3.63) is 34.9 Å². The first-order chi connectivity index (χ1) is 9.63. The van der Waals surface area contributed by atoms with Crippen LogP contribution in [0.25, 0.3) is 0 Å². The molecule has 1 aliphatic carbocycles. The standard InChI is InChI=1S/C15H18F2N2S/c1-20-12-4-2-3-11(7-12)19-9-13-14(16)5-10(8-18)6-15(13)17/h5-6,11-12,19H,2-4,7,9H2,1H3. The number of rotatable bonds is 4. The van der Waals surface area contributed by atoms with Crippen LogP contribution in [0.5, 0.6) is 0 Å². The molecule has 0 bridgehead atoms. The summed E-state index contributed by atoms with van der Waals surface area (Å²) >= 11 is 1.86. The molecule has 0 aliphatic heterocycles. The van der Waals surface area contributed by atoms with Gasteiger partial charge in [0, 0.05) is 23.4 Å². The van der Waals surface area contributed by atoms with E-state index in [0.717, 1.165) is 31.4 Å². The highest BCUT2D eigenvalue weighted by Crippen LogP contribution is 2.27. The summed E-state index contributed by atoms with van der Waals surface area (Å²) in [5.74, 6) is -1.29. The van der Waals surface area contributed by atoms with Crippen molar-refractivity contribution in [1.82, 2.24) is 5.32 Å². The van der Waals surface area contributed by atoms with Gasteiger partial charge in [0.1, 0.15) is 11.6 Å². The summed E-state index contributed by atoms with van der Waals surface area (Å²) in [6.07, 6.45) is 6.57. The molecule has 1 saturated carbocycles. The maximum absolute atomic E-state index is 13.8. The van der Waals surface area contributed by atoms with Crippen molar-refractivity contribution in [2.24, 2.45) is 0 Å². The molecular formula is C15H18F2N2S. The third kappa shape index (κ3) is 3.71. The fourth-order valence-corrected chi connectivity index (χ4v) is 3.45. The Morgan fingerprint density at radius 3 is 2.65 bits per heavy atom. The number of hydrogen-bond acceptors (Lipinski definition) is 3. The number of benzene rings is 1. The minimum Gasteiger partial charge on any atom is -0.310 e. The Bertz CT molecular complexity index is 490. The molecule has 5 heteroatoms. The van der Waals surface area contributed by atoms with Gasteiger partial charge in [0.25, 0.3) is 0 Å². The van der Waals surface area contributed by atoms with Crippen LogP contribution in [-0.4, -0.2) is 17.5 Å². The van der Waals surface area contributed by atoms with E-state index in [1.807, 2.05) is 11.8 Å². The van der Waals surface area contributed by atoms with Crippen LogP contribution in [0, 0.1) is 23.0 Å². The summed E-state index contributed by atoms with van der Waals surface area (Å²) in [6.45, 7) is 0.176. The Kier molecular flexibility index (Phi) is 5.38. The second-order valence-electron chi connectivity index (χ2n) is 5.13. The molecule has 0 spiro atoms. The predicted molar refractivity (Wildman–Crippen MR) is 77.5 cm³/mol. The first-order valence-corrected chi connectivity index (χ1v) is 8.07. The van der Waals surface area contributed by atoms with E-state index in [9.17, 15) is 8.78 Å². The molecule has 2 unspecified atom stereocenters. The van der Waals surface area contributed by atoms with Crippen LogP contribution in [0.3, 0.4) is 0 Å². The lowest BCUT2D eigenvalue weighted by Gasteiger charge is -2.28. The quantitative estimate of drug-likeness (QED) is 0.922. The molecule has 0 aromatic heterocycles. The van der Waals surface area contributed by atoms with Crippen LogP contribution < -0.4 is 5.32 Å². The number of thioether (sulfide) groups is 1. The molecule has 2 nitrogen and oxygen atoms in total. The summed E-state index contributed by atoms with van der Waals surface area (Å²) in [5.41, 5.74) is 0.0409. The van der Waals surface area contributed by atoms with Gasteiger partial charge in [-0.15, -0.1) is 0 Å². The van der Waals surface area contributed by atoms with E-state index in [4.69, 9.17) is 5.26 Å². The lowest BCUT2D eigenvalue weighted by molar-refractivity contribution is 0.374. The summed E-state index contributed by atoms with van der Waals surface area (Å²) in [6, 6.07) is 4.24. The van der Waals surface area contributed by atoms with Crippen LogP contribution in [0.1, 0.15) is 36.8 Å². The van der Waals surface area contributed by atoms with E-state index in [1.165, 1.54) is 6.42 Å². The molecule has 1 aromatic carbocycles. The number of nitrogens with one attached hydrogen (secondary N) is 1. The van der Waals surface area contributed by atoms with Crippen molar-refractivity contribution in [3.8, 4) is 6.07 Å². The molecule has 1 fully saturated rings. The van der Waals surface area contributed by atoms with Gasteiger partial charge in [-0.2, -0.15) is 17.0 Å². The molecule has 2 atom stereocenters. The minimum absolute atomic E-state index is 0.0175. The monoisotopic (exact) mass is 296 g/mol. The number of halogens is 2. The fraction of sp³-hybridized carbons (Fsp3) is 0.533. The highest BCUT2D eigenvalue weighted by Gasteiger charge is 2.21. The Morgan fingerprint density at radius 2 is 2.05 bits per heavy atom. The zero-order valence-electron chi connectivity index (χ0n) is 11.5. The van der Waals surface area contributed by atoms with Crippen LogP contribution in [-0.2, 0) is 6.54 Å². The van der Waals surface area contributed by atoms with Crippen LogP contribution in [0.15, 0.2) is 12.1 Å². The molecule has 1 N–H and O–H groups in total. The molecule has 0 amide bonds. The van der Waals surface area contributed by atoms with E-state index in [-0.39, 0.29) is 17.7 Å². The Labute approximate surface area is 122 Å². The zero-order valence-corrected chi connectivity index (χ0v) is 12.3. The third-order valence-corrected chi connectivity index (χ3v) is 4.89. The molecule has 2 rings (SSSR count). The highest BCUT2D eigenvalue weighted by molar-refractivity contribution is 7.99. The molecule has 0 heterocycles. The summed E-state index contributed by atoms with van der Waals surface area (Å²) in [5, 5.41) is 12.5. The molecular weight excluding hydrogens is 278 g/mol. The Hall–Kier alpha value is -1.12. The van der Waals surface area contributed by atoms with Gasteiger partial charge in [-0.3, -0.25) is 0 Å². The SMILES string of the molecule is CSC1CCCC(NCc2c(F)cc(C#N)cc2F)C1. The average molecular weight is 296 g/mol. The van der Waals surface area contributed by atoms with E-state index in [2.05, 4.69) is 11.6 Å². The van der Waals surface area contributed by atoms with Crippen LogP contribution in [0.4, 0.5) is 8.78 Å². The highest BCUT2D eigenvalue weighted by atomic mass is 32.2. The van der Waals surface area contributed by atoms with Crippen molar-refractivity contribution in [1.29, 1.82) is 5.26 Å². The maximum atomic E-state index is 13.8. The van der Waals surface area contributed by atoms with Crippen LogP contribution in [0.2, 0.25) is 0 Å². The second kappa shape index (κ2) is 7.05. The largest absolute Gasteiger partial charge is 0.310 e. The van der Waals surface area contributed by atoms with Gasteiger partial charge in [-0.1, -0.05) is 6.42 Å². The zero-order chi connectivity index (χ0) is 14.5. The molecule has 0 radical (unpaired) electrons. The molecule has 1 aliphatic rings. The van der Waals surface area contributed by atoms with Crippen molar-refractivity contribution >= 4 is 11.8 Å². The Morgan fingerprint density at radius 1 is 1.35 bits per heavy atom. The molecule has 0 saturated heterocycles. The topological polar surface area (TPSA) is 35.8 Å². The summed E-state index contributed by atoms with van der Waals surface area (Å²) in [4.78, 5) is 0. The van der Waals surface area contributed by atoms with E-state index >= 15 is 0 Å². The maximum Gasteiger partial charge on any atom is 0.131 e. The molecule has 1 aromatic rings. The Balaban J connectivity index is 1.99. The second-order valence-corrected chi connectivity index (χ2v) is 6.27. The van der Waals surface area contributed by atoms with Crippen molar-refractivity contribution < 1.29 is 8.78 Å². The predicted octanol–water partition coefficient (Wildman–Crippen LogP) is 3.60. The third-order valence-electron chi connectivity index (χ3n) is 3.80. The summed E-state index contributed by atoms with van der Waals surface area (Å²) < 4.78 is 27.5. The van der Waals surface area contributed by atoms with E-state index in [1.54, 1.807) is 6.07 Å². The van der Waals surface area contributed by atoms with Gasteiger partial charge >= 0.3 is 0 Å². The van der Waals surface area contributed by atoms with Gasteiger partial charge in [0.15, 0.2) is 0 Å². The van der Waals surface area contributed by atoms with E-state index < -0.39 is 11.6 Å². The van der Waals surface area contributed by atoms with Crippen molar-refractivity contribution in [2.45, 2.75) is 43.5 Å². The molecule has 108 valence electrons. The number of nitriles is 1. The number of nitrogens with zero attached hydrogens (tertiary/aromatic N) is 1. The fourth-order valence-electron chi connectivity index (χ4n) is 2.63. The van der Waals surface area contributed by atoms with Gasteiger partial charge in [-0.25, -0.2) is 8.78 Å². The lowest BCUT2D eigenvalue weighted by atomic mass is 9.94. The van der Waals surface area contributed by atoms with Crippen LogP contribution >= 0.6 is 11.8 Å². The molecule has 20 heavy (non-hydrogen) atoms. The normalized spacial score (nSPS) is 22.5. The summed E-state index contributed by atoms with van der Waals surface area (Å²) in [7, 11) is 0. The van der Waals surface area contributed by atoms with Gasteiger partial charge in [0.05, 0.1) is 11.6 Å². The first-order valence-electron chi connectivity index (χ1n) is 6.78. The first kappa shape index (κ1) is 15.3. The minimum atomic E-state index is -0.647. The number of hydrogen-bond donors (Lipinski definition) is 1. The smallest absolute Gasteiger partial charge is 0.131 e. The van der Waals surface area contributed by atoms with Gasteiger partial charge in [-0.05, 0) is 37.7 Å². The van der Waals surface area contributed by atoms with Crippen molar-refractivity contribution in [2.75, 3.05) is 6.26 Å². The van der Waals surface area contributed by atoms with Gasteiger partial charge in [0.2, 0.25) is 0 Å². The average Bonchev–Trinajstić information content (AvgIpc) is 2.46. The van der Waals surface area contributed by atoms with E-state index in [0.29, 0.717) is 11.3 Å². The van der Waals surface area contributed by atoms with Gasteiger partial charge < -0.3 is 5.32 Å². The van der Waals surface area contributed by atoms with Crippen molar-refractivity contribution in [3.63, 3.8) is 0 Å².